The van der Waals surface area contributed by atoms with Gasteiger partial charge >= 0.3 is 11.9 Å². The average Bonchev–Trinajstić information content (AvgIpc) is 2.91. The molecule has 2 aromatic heterocycles. The largest absolute Gasteiger partial charge is 0.481 e. The van der Waals surface area contributed by atoms with Crippen LogP contribution < -0.4 is 21.5 Å². The van der Waals surface area contributed by atoms with E-state index in [-0.39, 0.29) is 45.9 Å². The number of ether oxygens (including phenoxy) is 1. The lowest BCUT2D eigenvalue weighted by Crippen LogP contribution is -2.54. The second-order valence-corrected chi connectivity index (χ2v) is 14.3. The topological polar surface area (TPSA) is 129 Å². The number of sulfone groups is 1. The van der Waals surface area contributed by atoms with Gasteiger partial charge in [0.2, 0.25) is 5.88 Å². The molecule has 2 aliphatic rings. The van der Waals surface area contributed by atoms with Gasteiger partial charge in [0.25, 0.3) is 0 Å². The predicted octanol–water partition coefficient (Wildman–Crippen LogP) is 5.19. The van der Waals surface area contributed by atoms with Crippen molar-refractivity contribution in [3.8, 4) is 5.88 Å². The van der Waals surface area contributed by atoms with Crippen molar-refractivity contribution in [2.45, 2.75) is 70.3 Å². The number of benzene rings is 1. The first kappa shape index (κ1) is 31.0. The van der Waals surface area contributed by atoms with E-state index in [1.54, 1.807) is 12.1 Å². The summed E-state index contributed by atoms with van der Waals surface area (Å²) in [4.78, 5) is 22.3. The van der Waals surface area contributed by atoms with Crippen LogP contribution in [0.15, 0.2) is 41.7 Å². The molecular weight excluding hydrogens is 583 g/mol. The highest BCUT2D eigenvalue weighted by atomic mass is 32.2. The summed E-state index contributed by atoms with van der Waals surface area (Å²) in [6.07, 6.45) is -0.811. The molecule has 1 saturated carbocycles. The van der Waals surface area contributed by atoms with Crippen molar-refractivity contribution in [3.63, 3.8) is 0 Å². The van der Waals surface area contributed by atoms with Crippen molar-refractivity contribution in [3.05, 3.63) is 69.7 Å². The van der Waals surface area contributed by atoms with Crippen LogP contribution in [0.25, 0.3) is 11.0 Å². The maximum atomic E-state index is 13.7. The number of nitrogens with two attached hydrogens (primary N) is 1. The molecule has 0 unspecified atom stereocenters. The van der Waals surface area contributed by atoms with E-state index < -0.39 is 38.8 Å². The number of alkyl halides is 3. The lowest BCUT2D eigenvalue weighted by atomic mass is 9.67. The minimum Gasteiger partial charge on any atom is -0.481 e. The first-order valence-corrected chi connectivity index (χ1v) is 15.9. The second kappa shape index (κ2) is 10.6. The number of hydrogen-bond acceptors (Lipinski definition) is 8. The molecule has 0 bridgehead atoms. The molecule has 3 heterocycles. The van der Waals surface area contributed by atoms with Gasteiger partial charge in [-0.15, -0.1) is 6.58 Å². The summed E-state index contributed by atoms with van der Waals surface area (Å²) in [5.74, 6) is 0.697. The molecule has 43 heavy (non-hydrogen) atoms. The Hall–Kier alpha value is -3.45. The van der Waals surface area contributed by atoms with Crippen LogP contribution in [0, 0.1) is 12.3 Å². The van der Waals surface area contributed by atoms with Gasteiger partial charge in [0.15, 0.2) is 15.5 Å². The van der Waals surface area contributed by atoms with Crippen molar-refractivity contribution in [2.75, 3.05) is 23.9 Å². The average molecular weight is 620 g/mol. The monoisotopic (exact) mass is 619 g/mol. The number of methoxy groups -OCH3 is 1. The van der Waals surface area contributed by atoms with Crippen LogP contribution in [0.5, 0.6) is 5.88 Å². The summed E-state index contributed by atoms with van der Waals surface area (Å²) in [6.45, 7) is 8.85. The van der Waals surface area contributed by atoms with E-state index in [0.717, 1.165) is 6.07 Å². The maximum Gasteiger partial charge on any atom is 0.416 e. The van der Waals surface area contributed by atoms with Gasteiger partial charge in [-0.2, -0.15) is 23.1 Å². The zero-order chi connectivity index (χ0) is 31.5. The Bertz CT molecular complexity index is 1750. The SMILES string of the molecule is C=C[C@@H](Nc1nc(=O)n(C(C)C)c2nc(OC)c(C3(N)CCC4(CC3)CS(=O)(=O)C4)cc12)c1cccc(C(F)(F)F)c1C. The molecule has 3 aromatic rings. The molecule has 1 aliphatic carbocycles. The van der Waals surface area contributed by atoms with Crippen molar-refractivity contribution in [1.29, 1.82) is 0 Å². The first-order valence-electron chi connectivity index (χ1n) is 14.1. The van der Waals surface area contributed by atoms with E-state index >= 15 is 0 Å². The van der Waals surface area contributed by atoms with E-state index in [1.807, 2.05) is 13.8 Å². The van der Waals surface area contributed by atoms with Crippen LogP contribution in [0.1, 0.15) is 73.9 Å². The number of pyridine rings is 1. The molecule has 1 aromatic carbocycles. The van der Waals surface area contributed by atoms with E-state index in [2.05, 4.69) is 16.9 Å². The van der Waals surface area contributed by atoms with Crippen molar-refractivity contribution in [2.24, 2.45) is 11.1 Å². The number of nitrogens with one attached hydrogen (secondary N) is 1. The van der Waals surface area contributed by atoms with Gasteiger partial charge in [-0.25, -0.2) is 13.2 Å². The number of halogens is 3. The van der Waals surface area contributed by atoms with E-state index in [1.165, 1.54) is 30.7 Å². The first-order chi connectivity index (χ1) is 20.0. The number of nitrogens with zero attached hydrogens (tertiary/aromatic N) is 3. The van der Waals surface area contributed by atoms with Gasteiger partial charge < -0.3 is 15.8 Å². The molecule has 1 aliphatic heterocycles. The number of aromatic nitrogens is 3. The fraction of sp³-hybridized carbons (Fsp3) is 0.500. The molecule has 3 N–H and O–H groups in total. The van der Waals surface area contributed by atoms with Gasteiger partial charge in [-0.3, -0.25) is 4.57 Å². The lowest BCUT2D eigenvalue weighted by molar-refractivity contribution is -0.138. The molecule has 9 nitrogen and oxygen atoms in total. The number of fused-ring (bicyclic) bond motifs is 1. The Morgan fingerprint density at radius 3 is 2.35 bits per heavy atom. The summed E-state index contributed by atoms with van der Waals surface area (Å²) in [7, 11) is -1.54. The quantitative estimate of drug-likeness (QED) is 0.346. The van der Waals surface area contributed by atoms with Crippen molar-refractivity contribution < 1.29 is 26.3 Å². The van der Waals surface area contributed by atoms with Gasteiger partial charge in [-0.05, 0) is 75.1 Å². The Morgan fingerprint density at radius 2 is 1.81 bits per heavy atom. The maximum absolute atomic E-state index is 13.7. The van der Waals surface area contributed by atoms with Crippen LogP contribution in [0.3, 0.4) is 0 Å². The smallest absolute Gasteiger partial charge is 0.416 e. The van der Waals surface area contributed by atoms with Crippen molar-refractivity contribution in [1.82, 2.24) is 14.5 Å². The minimum atomic E-state index is -4.54. The molecular formula is C30H36F3N5O4S. The fourth-order valence-electron chi connectivity index (χ4n) is 6.62. The third-order valence-electron chi connectivity index (χ3n) is 8.91. The van der Waals surface area contributed by atoms with Crippen LogP contribution in [0.2, 0.25) is 0 Å². The fourth-order valence-corrected chi connectivity index (χ4v) is 8.98. The van der Waals surface area contributed by atoms with Crippen LogP contribution in [0.4, 0.5) is 19.0 Å². The van der Waals surface area contributed by atoms with E-state index in [0.29, 0.717) is 42.2 Å². The molecule has 13 heteroatoms. The highest BCUT2D eigenvalue weighted by molar-refractivity contribution is 7.92. The number of hydrogen-bond donors (Lipinski definition) is 2. The molecule has 0 radical (unpaired) electrons. The summed E-state index contributed by atoms with van der Waals surface area (Å²) in [5, 5.41) is 3.58. The predicted molar refractivity (Wildman–Crippen MR) is 159 cm³/mol. The van der Waals surface area contributed by atoms with Crippen LogP contribution in [-0.4, -0.2) is 41.6 Å². The molecule has 232 valence electrons. The summed E-state index contributed by atoms with van der Waals surface area (Å²) in [6, 6.07) is 4.57. The second-order valence-electron chi connectivity index (χ2n) is 12.2. The van der Waals surface area contributed by atoms with Gasteiger partial charge in [0.05, 0.1) is 35.6 Å². The zero-order valence-electron chi connectivity index (χ0n) is 24.6. The lowest BCUT2D eigenvalue weighted by Gasteiger charge is -2.49. The van der Waals surface area contributed by atoms with E-state index in [9.17, 15) is 26.4 Å². The standard InChI is InChI=1S/C30H36F3N5O4S/c1-6-23(19-8-7-9-21(18(19)4)30(31,32)33)35-24-20-14-22(26(42-5)37-25(20)38(17(2)3)27(39)36-24)29(34)12-10-28(11-13-29)15-43(40,41)16-28/h6-9,14,17,23H,1,10-13,15-16,34H2,2-5H3,(H,35,36,39)/t23-/m1/s1. The third kappa shape index (κ3) is 5.52. The molecule has 0 amide bonds. The Kier molecular flexibility index (Phi) is 7.65. The van der Waals surface area contributed by atoms with Crippen LogP contribution >= 0.6 is 0 Å². The number of anilines is 1. The molecule has 2 fully saturated rings. The highest BCUT2D eigenvalue weighted by Crippen LogP contribution is 2.51. The Labute approximate surface area is 248 Å². The van der Waals surface area contributed by atoms with Gasteiger partial charge in [0, 0.05) is 17.1 Å². The molecule has 1 saturated heterocycles. The van der Waals surface area contributed by atoms with Crippen LogP contribution in [-0.2, 0) is 21.6 Å². The summed E-state index contributed by atoms with van der Waals surface area (Å²) in [5.41, 5.74) is 5.71. The summed E-state index contributed by atoms with van der Waals surface area (Å²) >= 11 is 0. The highest BCUT2D eigenvalue weighted by Gasteiger charge is 2.52. The zero-order valence-corrected chi connectivity index (χ0v) is 25.4. The minimum absolute atomic E-state index is 0.0303. The summed E-state index contributed by atoms with van der Waals surface area (Å²) < 4.78 is 72.0. The third-order valence-corrected chi connectivity index (χ3v) is 11.0. The van der Waals surface area contributed by atoms with E-state index in [4.69, 9.17) is 15.5 Å². The van der Waals surface area contributed by atoms with Crippen molar-refractivity contribution >= 4 is 26.7 Å². The van der Waals surface area contributed by atoms with Gasteiger partial charge in [-0.1, -0.05) is 18.2 Å². The molecule has 1 spiro atoms. The molecule has 5 rings (SSSR count). The Morgan fingerprint density at radius 1 is 1.16 bits per heavy atom. The Balaban J connectivity index is 1.63. The van der Waals surface area contributed by atoms with Gasteiger partial charge in [0.1, 0.15) is 5.82 Å². The molecule has 1 atom stereocenters. The number of rotatable bonds is 7. The normalized spacial score (nSPS) is 19.7.